The number of nitrogen functional groups attached to an aromatic ring is 1. The molecule has 10 heteroatoms. The molecular formula is C34H33F2N6OU-. The molecule has 0 spiro atoms. The number of nitrogens with two attached hydrogens (primary N) is 1. The predicted molar refractivity (Wildman–Crippen MR) is 166 cm³/mol. The molecule has 3 N–H and O–H groups in total. The van der Waals surface area contributed by atoms with Gasteiger partial charge in [0.05, 0.1) is 34.4 Å². The number of alkyl halides is 1. The molecular weight excluding hydrogens is 784 g/mol. The molecule has 44 heavy (non-hydrogen) atoms. The van der Waals surface area contributed by atoms with Crippen molar-refractivity contribution >= 4 is 33.2 Å². The van der Waals surface area contributed by atoms with E-state index in [1.54, 1.807) is 24.4 Å². The summed E-state index contributed by atoms with van der Waals surface area (Å²) in [5.41, 5.74) is 10.8. The third-order valence-corrected chi connectivity index (χ3v) is 9.01. The summed E-state index contributed by atoms with van der Waals surface area (Å²) in [6, 6.07) is 7.92. The van der Waals surface area contributed by atoms with Crippen molar-refractivity contribution in [1.82, 2.24) is 19.9 Å². The first-order chi connectivity index (χ1) is 20.8. The smallest absolute Gasteiger partial charge is 0.316 e. The first-order valence-corrected chi connectivity index (χ1v) is 14.9. The Hall–Kier alpha value is -3.24. The van der Waals surface area contributed by atoms with Gasteiger partial charge in [-0.05, 0) is 68.4 Å². The molecule has 7 nitrogen and oxygen atoms in total. The Morgan fingerprint density at radius 2 is 2.02 bits per heavy atom. The average Bonchev–Trinajstić information content (AvgIpc) is 3.53. The van der Waals surface area contributed by atoms with Gasteiger partial charge >= 0.3 is 6.01 Å². The number of allylic oxidation sites excluding steroid dienone is 1. The van der Waals surface area contributed by atoms with E-state index in [4.69, 9.17) is 17.1 Å². The minimum atomic E-state index is -0.555. The SMILES string of the molecule is C#Cc1c(F)ccc2cc(N)cc(-c3ncc4c(N5CCCC=C6C[C@H]65)nc(O)nc4c3C)c12.F[C@@H]1C[C-]2CCCN2C1.[U]. The van der Waals surface area contributed by atoms with Crippen LogP contribution in [-0.2, 0) is 0 Å². The molecule has 224 valence electrons. The van der Waals surface area contributed by atoms with Crippen molar-refractivity contribution in [2.24, 2.45) is 0 Å². The van der Waals surface area contributed by atoms with Gasteiger partial charge in [-0.25, -0.2) is 14.8 Å². The van der Waals surface area contributed by atoms with Gasteiger partial charge in [-0.1, -0.05) is 24.5 Å². The van der Waals surface area contributed by atoms with Gasteiger partial charge in [0, 0.05) is 66.1 Å². The molecule has 0 bridgehead atoms. The normalized spacial score (nSPS) is 21.0. The summed E-state index contributed by atoms with van der Waals surface area (Å²) in [4.78, 5) is 18.0. The molecule has 5 heterocycles. The van der Waals surface area contributed by atoms with Gasteiger partial charge in [0.25, 0.3) is 0 Å². The van der Waals surface area contributed by atoms with E-state index in [9.17, 15) is 13.9 Å². The van der Waals surface area contributed by atoms with Gasteiger partial charge in [0.15, 0.2) is 0 Å². The fraction of sp³-hybridized carbons (Fsp3) is 0.353. The van der Waals surface area contributed by atoms with E-state index in [2.05, 4.69) is 31.8 Å². The molecule has 3 aliphatic heterocycles. The number of aromatic nitrogens is 3. The Labute approximate surface area is 279 Å². The van der Waals surface area contributed by atoms with Crippen molar-refractivity contribution in [3.63, 3.8) is 0 Å². The number of aryl methyl sites for hydroxylation is 1. The third kappa shape index (κ3) is 5.55. The van der Waals surface area contributed by atoms with E-state index >= 15 is 0 Å². The zero-order valence-corrected chi connectivity index (χ0v) is 28.7. The average molecular weight is 818 g/mol. The Bertz CT molecular complexity index is 1830. The quantitative estimate of drug-likeness (QED) is 0.108. The number of rotatable bonds is 2. The van der Waals surface area contributed by atoms with Crippen LogP contribution in [-0.4, -0.2) is 56.8 Å². The molecule has 0 amide bonds. The molecule has 0 radical (unpaired) electrons. The molecule has 2 aromatic carbocycles. The first-order valence-electron chi connectivity index (χ1n) is 14.9. The standard InChI is InChI=1S/C27H22FN5O.C7H11FN.U/c1-3-18-21(28)8-7-16-10-17(29)12-19(23(16)18)24-14(2)25-20(13-30-24)26(32-27(34)31-25)33-9-5-4-6-15-11-22(15)33;8-6-4-7-2-1-3-9(7)5-6;/h1,6-8,10,12-13,22H,4-5,9,11,29H2,2H3,(H,31,32,34);6H,1-5H2;/q;-1;/t22-;6-;/m11./s1. The number of benzene rings is 2. The molecule has 2 atom stereocenters. The topological polar surface area (TPSA) is 91.4 Å². The number of terminal acetylenes is 1. The zero-order chi connectivity index (χ0) is 29.8. The Balaban J connectivity index is 0.000000293. The number of halogens is 2. The van der Waals surface area contributed by atoms with E-state index < -0.39 is 12.0 Å². The van der Waals surface area contributed by atoms with Crippen LogP contribution in [0.4, 0.5) is 20.3 Å². The van der Waals surface area contributed by atoms with E-state index in [1.165, 1.54) is 24.1 Å². The van der Waals surface area contributed by atoms with Gasteiger partial charge in [-0.15, -0.1) is 12.8 Å². The number of anilines is 2. The van der Waals surface area contributed by atoms with Crippen LogP contribution in [0.15, 0.2) is 42.1 Å². The number of pyridine rings is 1. The maximum atomic E-state index is 14.6. The van der Waals surface area contributed by atoms with Gasteiger partial charge in [0.2, 0.25) is 0 Å². The van der Waals surface area contributed by atoms with E-state index in [0.717, 1.165) is 61.5 Å². The fourth-order valence-corrected chi connectivity index (χ4v) is 6.92. The maximum absolute atomic E-state index is 14.6. The van der Waals surface area contributed by atoms with Crippen LogP contribution < -0.4 is 10.6 Å². The van der Waals surface area contributed by atoms with Gasteiger partial charge in [-0.3, -0.25) is 4.98 Å². The summed E-state index contributed by atoms with van der Waals surface area (Å²) in [5.74, 6) is 2.69. The first kappa shape index (κ1) is 30.8. The number of nitrogens with zero attached hydrogens (tertiary/aromatic N) is 5. The summed E-state index contributed by atoms with van der Waals surface area (Å²) in [7, 11) is 0. The number of hydrogen-bond acceptors (Lipinski definition) is 7. The third-order valence-electron chi connectivity index (χ3n) is 9.01. The van der Waals surface area contributed by atoms with Crippen LogP contribution in [0.2, 0.25) is 0 Å². The maximum Gasteiger partial charge on any atom is 0.316 e. The molecule has 4 aliphatic rings. The summed E-state index contributed by atoms with van der Waals surface area (Å²) < 4.78 is 27.2. The van der Waals surface area contributed by atoms with Crippen molar-refractivity contribution in [3.8, 4) is 29.6 Å². The molecule has 0 unspecified atom stereocenters. The van der Waals surface area contributed by atoms with Gasteiger partial charge < -0.3 is 20.6 Å². The number of hydrogen-bond donors (Lipinski definition) is 2. The monoisotopic (exact) mass is 817 g/mol. The molecule has 4 aromatic rings. The van der Waals surface area contributed by atoms with Crippen LogP contribution in [0, 0.1) is 62.2 Å². The Kier molecular flexibility index (Phi) is 8.59. The van der Waals surface area contributed by atoms with E-state index in [-0.39, 0.29) is 42.7 Å². The summed E-state index contributed by atoms with van der Waals surface area (Å²) in [5, 5.41) is 12.5. The minimum absolute atomic E-state index is 0. The number of fused-ring (bicyclic) bond motifs is 4. The Morgan fingerprint density at radius 1 is 1.18 bits per heavy atom. The van der Waals surface area contributed by atoms with E-state index in [1.807, 2.05) is 6.92 Å². The van der Waals surface area contributed by atoms with Crippen molar-refractivity contribution in [2.75, 3.05) is 30.3 Å². The van der Waals surface area contributed by atoms with Crippen LogP contribution in [0.3, 0.4) is 0 Å². The summed E-state index contributed by atoms with van der Waals surface area (Å²) in [6.45, 7) is 4.52. The summed E-state index contributed by atoms with van der Waals surface area (Å²) in [6.07, 6.45) is 15.4. The Morgan fingerprint density at radius 3 is 2.82 bits per heavy atom. The number of aromatic hydroxyl groups is 1. The second-order valence-corrected chi connectivity index (χ2v) is 11.8. The zero-order valence-electron chi connectivity index (χ0n) is 24.6. The van der Waals surface area contributed by atoms with Crippen molar-refractivity contribution in [3.05, 3.63) is 65.1 Å². The van der Waals surface area contributed by atoms with Crippen molar-refractivity contribution < 1.29 is 45.0 Å². The van der Waals surface area contributed by atoms with Gasteiger partial charge in [-0.2, -0.15) is 16.4 Å². The molecule has 8 rings (SSSR count). The second-order valence-electron chi connectivity index (χ2n) is 11.8. The largest absolute Gasteiger partial charge is 0.479 e. The van der Waals surface area contributed by atoms with Crippen LogP contribution in [0.25, 0.3) is 32.9 Å². The molecule has 1 aliphatic carbocycles. The fourth-order valence-electron chi connectivity index (χ4n) is 6.92. The molecule has 1 saturated carbocycles. The van der Waals surface area contributed by atoms with Crippen LogP contribution in [0.1, 0.15) is 49.7 Å². The second kappa shape index (κ2) is 12.3. The molecule has 2 aromatic heterocycles. The minimum Gasteiger partial charge on any atom is -0.479 e. The van der Waals surface area contributed by atoms with E-state index in [0.29, 0.717) is 46.3 Å². The van der Waals surface area contributed by atoms with Crippen molar-refractivity contribution in [1.29, 1.82) is 0 Å². The van der Waals surface area contributed by atoms with Crippen molar-refractivity contribution in [2.45, 2.75) is 57.7 Å². The summed E-state index contributed by atoms with van der Waals surface area (Å²) >= 11 is 0. The van der Waals surface area contributed by atoms with Crippen LogP contribution >= 0.6 is 0 Å². The molecule has 2 saturated heterocycles. The van der Waals surface area contributed by atoms with Gasteiger partial charge in [0.1, 0.15) is 11.6 Å². The molecule has 3 fully saturated rings. The predicted octanol–water partition coefficient (Wildman–Crippen LogP) is 6.22. The van der Waals surface area contributed by atoms with Crippen LogP contribution in [0.5, 0.6) is 6.01 Å².